The fourth-order valence-corrected chi connectivity index (χ4v) is 2.61. The topological polar surface area (TPSA) is 15.6 Å². The number of aliphatic imine (C=N–C) groups is 1. The first kappa shape index (κ1) is 17.5. The third kappa shape index (κ3) is 4.80. The summed E-state index contributed by atoms with van der Waals surface area (Å²) in [7, 11) is 1.99. The van der Waals surface area contributed by atoms with E-state index >= 15 is 0 Å². The molecule has 0 aliphatic rings. The maximum Gasteiger partial charge on any atom is 0.124 e. The predicted octanol–water partition coefficient (Wildman–Crippen LogP) is 5.30. The number of hydrogen-bond acceptors (Lipinski definition) is 1. The van der Waals surface area contributed by atoms with E-state index in [1.165, 1.54) is 12.1 Å². The summed E-state index contributed by atoms with van der Waals surface area (Å²) in [6.45, 7) is 7.09. The summed E-state index contributed by atoms with van der Waals surface area (Å²) >= 11 is 5.93. The summed E-state index contributed by atoms with van der Waals surface area (Å²) in [5.41, 5.74) is 5.24. The van der Waals surface area contributed by atoms with Gasteiger partial charge >= 0.3 is 0 Å². The van der Waals surface area contributed by atoms with Gasteiger partial charge in [0.25, 0.3) is 0 Å². The van der Waals surface area contributed by atoms with Gasteiger partial charge in [0.15, 0.2) is 0 Å². The van der Waals surface area contributed by atoms with E-state index in [2.05, 4.69) is 31.0 Å². The molecule has 0 aliphatic carbocycles. The van der Waals surface area contributed by atoms with E-state index in [-0.39, 0.29) is 5.82 Å². The van der Waals surface area contributed by atoms with Crippen LogP contribution in [0.15, 0.2) is 35.3 Å². The van der Waals surface area contributed by atoms with Crippen LogP contribution in [0.3, 0.4) is 0 Å². The van der Waals surface area contributed by atoms with Crippen LogP contribution in [0, 0.1) is 19.7 Å². The van der Waals surface area contributed by atoms with Crippen LogP contribution in [0.2, 0.25) is 5.02 Å². The second-order valence-corrected chi connectivity index (χ2v) is 6.27. The molecule has 0 saturated heterocycles. The monoisotopic (exact) mass is 332 g/mol. The van der Waals surface area contributed by atoms with E-state index in [1.54, 1.807) is 0 Å². The van der Waals surface area contributed by atoms with E-state index in [9.17, 15) is 4.39 Å². The lowest BCUT2D eigenvalue weighted by Gasteiger charge is -2.12. The van der Waals surface area contributed by atoms with Crippen LogP contribution >= 0.6 is 11.6 Å². The highest BCUT2D eigenvalue weighted by atomic mass is 35.5. The summed E-state index contributed by atoms with van der Waals surface area (Å²) in [5.74, 6) is -0.300. The Kier molecular flexibility index (Phi) is 5.78. The Morgan fingerprint density at radius 3 is 2.52 bits per heavy atom. The minimum atomic E-state index is -0.300. The largest absolute Gasteiger partial charge is 0.366 e. The third-order valence-electron chi connectivity index (χ3n) is 3.86. The van der Waals surface area contributed by atoms with E-state index in [1.807, 2.05) is 31.3 Å². The van der Waals surface area contributed by atoms with E-state index in [4.69, 9.17) is 11.6 Å². The van der Waals surface area contributed by atoms with Crippen molar-refractivity contribution in [2.75, 3.05) is 13.6 Å². The smallest absolute Gasteiger partial charge is 0.124 e. The highest BCUT2D eigenvalue weighted by molar-refractivity contribution is 6.30. The lowest BCUT2D eigenvalue weighted by molar-refractivity contribution is 0.552. The van der Waals surface area contributed by atoms with Crippen LogP contribution in [0.4, 0.5) is 10.1 Å². The number of aryl methyl sites for hydroxylation is 2. The van der Waals surface area contributed by atoms with Gasteiger partial charge in [-0.1, -0.05) is 17.7 Å². The lowest BCUT2D eigenvalue weighted by Crippen LogP contribution is -2.14. The standard InChI is InChI=1S/C19H22ClFN2/c1-5-23(4)12-22-19-7-13(2)16(6-14(19)3)8-15-9-17(20)11-18(21)10-15/h6-7,9-12H,5,8H2,1-4H3/b22-12-. The van der Waals surface area contributed by atoms with Crippen molar-refractivity contribution in [3.05, 3.63) is 63.4 Å². The molecule has 0 spiro atoms. The third-order valence-corrected chi connectivity index (χ3v) is 4.08. The first-order valence-electron chi connectivity index (χ1n) is 7.68. The molecular weight excluding hydrogens is 311 g/mol. The summed E-state index contributed by atoms with van der Waals surface area (Å²) in [4.78, 5) is 6.56. The lowest BCUT2D eigenvalue weighted by atomic mass is 9.97. The van der Waals surface area contributed by atoms with E-state index in [0.717, 1.165) is 34.5 Å². The molecule has 0 aromatic heterocycles. The SMILES string of the molecule is CCN(C)/C=N\c1cc(C)c(Cc2cc(F)cc(Cl)c2)cc1C. The van der Waals surface area contributed by atoms with Gasteiger partial charge in [0.1, 0.15) is 5.82 Å². The molecule has 0 heterocycles. The molecule has 4 heteroatoms. The maximum atomic E-state index is 13.5. The molecule has 0 N–H and O–H groups in total. The van der Waals surface area contributed by atoms with Gasteiger partial charge in [-0.15, -0.1) is 0 Å². The van der Waals surface area contributed by atoms with Crippen molar-refractivity contribution in [2.24, 2.45) is 4.99 Å². The molecule has 2 aromatic rings. The molecule has 2 rings (SSSR count). The second-order valence-electron chi connectivity index (χ2n) is 5.84. The van der Waals surface area contributed by atoms with Gasteiger partial charge < -0.3 is 4.90 Å². The summed E-state index contributed by atoms with van der Waals surface area (Å²) in [6, 6.07) is 8.86. The zero-order chi connectivity index (χ0) is 17.0. The average molecular weight is 333 g/mol. The van der Waals surface area contributed by atoms with Crippen LogP contribution in [0.1, 0.15) is 29.2 Å². The van der Waals surface area contributed by atoms with Crippen molar-refractivity contribution in [3.8, 4) is 0 Å². The van der Waals surface area contributed by atoms with Gasteiger partial charge in [-0.3, -0.25) is 0 Å². The number of benzene rings is 2. The fraction of sp³-hybridized carbons (Fsp3) is 0.316. The van der Waals surface area contributed by atoms with Gasteiger partial charge in [-0.05, 0) is 73.7 Å². The maximum absolute atomic E-state index is 13.5. The summed E-state index contributed by atoms with van der Waals surface area (Å²) in [5, 5.41) is 0.429. The molecule has 0 unspecified atom stereocenters. The number of rotatable bonds is 5. The molecule has 0 aliphatic heterocycles. The van der Waals surface area contributed by atoms with Gasteiger partial charge in [-0.2, -0.15) is 0 Å². The molecule has 0 atom stereocenters. The molecule has 0 radical (unpaired) electrons. The summed E-state index contributed by atoms with van der Waals surface area (Å²) < 4.78 is 13.5. The summed E-state index contributed by atoms with van der Waals surface area (Å²) in [6.07, 6.45) is 2.50. The van der Waals surface area contributed by atoms with E-state index < -0.39 is 0 Å². The first-order chi connectivity index (χ1) is 10.9. The molecule has 2 nitrogen and oxygen atoms in total. The highest BCUT2D eigenvalue weighted by Gasteiger charge is 2.07. The van der Waals surface area contributed by atoms with Crippen molar-refractivity contribution in [1.82, 2.24) is 4.90 Å². The molecular formula is C19H22ClFN2. The first-order valence-corrected chi connectivity index (χ1v) is 8.06. The van der Waals surface area contributed by atoms with Crippen molar-refractivity contribution in [1.29, 1.82) is 0 Å². The molecule has 2 aromatic carbocycles. The Hall–Kier alpha value is -1.87. The normalized spacial score (nSPS) is 11.2. The molecule has 0 bridgehead atoms. The van der Waals surface area contributed by atoms with Gasteiger partial charge in [0.2, 0.25) is 0 Å². The Balaban J connectivity index is 2.27. The van der Waals surface area contributed by atoms with E-state index in [0.29, 0.717) is 11.4 Å². The molecule has 0 saturated carbocycles. The molecule has 0 fully saturated rings. The van der Waals surface area contributed by atoms with Gasteiger partial charge in [-0.25, -0.2) is 9.38 Å². The Morgan fingerprint density at radius 1 is 1.13 bits per heavy atom. The van der Waals surface area contributed by atoms with Crippen molar-refractivity contribution in [3.63, 3.8) is 0 Å². The second kappa shape index (κ2) is 7.60. The zero-order valence-electron chi connectivity index (χ0n) is 14.0. The van der Waals surface area contributed by atoms with Crippen molar-refractivity contribution in [2.45, 2.75) is 27.2 Å². The molecule has 122 valence electrons. The zero-order valence-corrected chi connectivity index (χ0v) is 14.8. The quantitative estimate of drug-likeness (QED) is 0.536. The molecule has 0 amide bonds. The van der Waals surface area contributed by atoms with Crippen molar-refractivity contribution >= 4 is 23.6 Å². The van der Waals surface area contributed by atoms with Crippen LogP contribution in [0.5, 0.6) is 0 Å². The Labute approximate surface area is 142 Å². The predicted molar refractivity (Wildman–Crippen MR) is 96.6 cm³/mol. The number of hydrogen-bond donors (Lipinski definition) is 0. The Morgan fingerprint density at radius 2 is 1.87 bits per heavy atom. The molecule has 23 heavy (non-hydrogen) atoms. The minimum Gasteiger partial charge on any atom is -0.366 e. The van der Waals surface area contributed by atoms with Crippen LogP contribution < -0.4 is 0 Å². The van der Waals surface area contributed by atoms with Crippen LogP contribution in [-0.4, -0.2) is 24.8 Å². The number of nitrogens with zero attached hydrogens (tertiary/aromatic N) is 2. The van der Waals surface area contributed by atoms with Crippen molar-refractivity contribution < 1.29 is 4.39 Å². The van der Waals surface area contributed by atoms with Crippen LogP contribution in [-0.2, 0) is 6.42 Å². The average Bonchev–Trinajstić information content (AvgIpc) is 2.47. The minimum absolute atomic E-state index is 0.300. The van der Waals surface area contributed by atoms with Crippen LogP contribution in [0.25, 0.3) is 0 Å². The number of halogens is 2. The Bertz CT molecular complexity index is 705. The van der Waals surface area contributed by atoms with Gasteiger partial charge in [0, 0.05) is 18.6 Å². The highest BCUT2D eigenvalue weighted by Crippen LogP contribution is 2.26. The van der Waals surface area contributed by atoms with Gasteiger partial charge in [0.05, 0.1) is 12.0 Å². The fourth-order valence-electron chi connectivity index (χ4n) is 2.37.